The zero-order valence-corrected chi connectivity index (χ0v) is 8.53. The maximum atomic E-state index is 10.1. The van der Waals surface area contributed by atoms with Crippen LogP contribution in [0, 0.1) is 6.92 Å². The molecular formula is C5H6N3O2W-. The van der Waals surface area contributed by atoms with Gasteiger partial charge in [0.1, 0.15) is 6.54 Å². The molecule has 1 aromatic rings. The van der Waals surface area contributed by atoms with E-state index in [9.17, 15) is 4.79 Å². The van der Waals surface area contributed by atoms with Crippen LogP contribution in [0.2, 0.25) is 0 Å². The number of carboxylic acid groups (broad SMARTS) is 1. The molecule has 0 fully saturated rings. The molecule has 0 spiro atoms. The molecule has 1 heterocycles. The number of rotatable bonds is 2. The van der Waals surface area contributed by atoms with E-state index in [-0.39, 0.29) is 27.6 Å². The van der Waals surface area contributed by atoms with E-state index in [1.807, 2.05) is 0 Å². The van der Waals surface area contributed by atoms with Crippen molar-refractivity contribution >= 4 is 5.97 Å². The van der Waals surface area contributed by atoms with Crippen molar-refractivity contribution in [3.63, 3.8) is 0 Å². The molecule has 0 saturated heterocycles. The molecule has 0 aliphatic heterocycles. The average molecular weight is 324 g/mol. The van der Waals surface area contributed by atoms with Crippen LogP contribution in [0.25, 0.3) is 0 Å². The van der Waals surface area contributed by atoms with E-state index < -0.39 is 5.97 Å². The van der Waals surface area contributed by atoms with Crippen molar-refractivity contribution in [3.05, 3.63) is 18.8 Å². The number of aliphatic carboxylic acids is 1. The first-order chi connectivity index (χ1) is 4.68. The Balaban J connectivity index is 0.000001000. The summed E-state index contributed by atoms with van der Waals surface area (Å²) in [5, 5.41) is 15.3. The summed E-state index contributed by atoms with van der Waals surface area (Å²) >= 11 is 0. The molecule has 0 unspecified atom stereocenters. The monoisotopic (exact) mass is 324 g/mol. The van der Waals surface area contributed by atoms with E-state index in [1.165, 1.54) is 10.9 Å². The molecule has 60 valence electrons. The largest absolute Gasteiger partial charge is 0.480 e. The Labute approximate surface area is 77.7 Å². The summed E-state index contributed by atoms with van der Waals surface area (Å²) in [5.74, 6) is -0.940. The Morgan fingerprint density at radius 2 is 2.45 bits per heavy atom. The van der Waals surface area contributed by atoms with Gasteiger partial charge in [0.15, 0.2) is 0 Å². The summed E-state index contributed by atoms with van der Waals surface area (Å²) in [6.07, 6.45) is 1.47. The van der Waals surface area contributed by atoms with Crippen molar-refractivity contribution in [1.82, 2.24) is 15.0 Å². The van der Waals surface area contributed by atoms with E-state index in [0.717, 1.165) is 0 Å². The third kappa shape index (κ3) is 3.18. The predicted molar refractivity (Wildman–Crippen MR) is 32.1 cm³/mol. The zero-order chi connectivity index (χ0) is 7.56. The number of hydrogen-bond donors (Lipinski definition) is 1. The van der Waals surface area contributed by atoms with E-state index >= 15 is 0 Å². The number of hydrogen-bond acceptors (Lipinski definition) is 3. The Morgan fingerprint density at radius 1 is 1.82 bits per heavy atom. The van der Waals surface area contributed by atoms with Gasteiger partial charge in [-0.25, -0.2) is 6.92 Å². The fraction of sp³-hybridized carbons (Fsp3) is 0.200. The van der Waals surface area contributed by atoms with Gasteiger partial charge in [-0.3, -0.25) is 4.79 Å². The second-order valence-corrected chi connectivity index (χ2v) is 1.80. The Morgan fingerprint density at radius 3 is 2.82 bits per heavy atom. The third-order valence-electron chi connectivity index (χ3n) is 0.883. The van der Waals surface area contributed by atoms with Crippen LogP contribution in [0.3, 0.4) is 0 Å². The fourth-order valence-corrected chi connectivity index (χ4v) is 0.554. The van der Waals surface area contributed by atoms with Gasteiger partial charge >= 0.3 is 5.97 Å². The van der Waals surface area contributed by atoms with Crippen molar-refractivity contribution in [2.75, 3.05) is 0 Å². The Kier molecular flexibility index (Phi) is 3.82. The minimum atomic E-state index is -0.940. The molecule has 0 bridgehead atoms. The van der Waals surface area contributed by atoms with Gasteiger partial charge in [0.25, 0.3) is 0 Å². The van der Waals surface area contributed by atoms with E-state index in [0.29, 0.717) is 5.69 Å². The zero-order valence-electron chi connectivity index (χ0n) is 5.60. The van der Waals surface area contributed by atoms with Gasteiger partial charge in [-0.05, 0) is 0 Å². The molecule has 0 aromatic carbocycles. The molecule has 1 N–H and O–H groups in total. The van der Waals surface area contributed by atoms with Gasteiger partial charge in [-0.15, -0.1) is 0 Å². The average Bonchev–Trinajstić information content (AvgIpc) is 2.13. The van der Waals surface area contributed by atoms with Gasteiger partial charge in [-0.1, -0.05) is 17.1 Å². The quantitative estimate of drug-likeness (QED) is 0.748. The van der Waals surface area contributed by atoms with E-state index in [4.69, 9.17) is 5.11 Å². The Hall–Kier alpha value is -0.832. The maximum Gasteiger partial charge on any atom is 0.323 e. The molecule has 11 heavy (non-hydrogen) atoms. The second-order valence-electron chi connectivity index (χ2n) is 1.80. The molecule has 0 atom stereocenters. The van der Waals surface area contributed by atoms with Crippen LogP contribution in [0.1, 0.15) is 5.69 Å². The summed E-state index contributed by atoms with van der Waals surface area (Å²) in [6, 6.07) is 0. The predicted octanol–water partition coefficient (Wildman–Crippen LogP) is -0.458. The number of aromatic nitrogens is 3. The van der Waals surface area contributed by atoms with Gasteiger partial charge in [0.2, 0.25) is 0 Å². The van der Waals surface area contributed by atoms with Crippen LogP contribution >= 0.6 is 0 Å². The molecule has 0 aliphatic rings. The number of carboxylic acids is 1. The summed E-state index contributed by atoms with van der Waals surface area (Å²) in [5.41, 5.74) is 0.473. The number of carbonyl (C=O) groups is 1. The first kappa shape index (κ1) is 10.2. The first-order valence-corrected chi connectivity index (χ1v) is 2.62. The van der Waals surface area contributed by atoms with E-state index in [1.54, 1.807) is 0 Å². The maximum absolute atomic E-state index is 10.1. The molecule has 0 amide bonds. The summed E-state index contributed by atoms with van der Waals surface area (Å²) in [6.45, 7) is 3.30. The third-order valence-corrected chi connectivity index (χ3v) is 0.883. The van der Waals surface area contributed by atoms with Gasteiger partial charge in [0.05, 0.1) is 0 Å². The molecular weight excluding hydrogens is 318 g/mol. The van der Waals surface area contributed by atoms with Crippen LogP contribution in [0.4, 0.5) is 0 Å². The minimum Gasteiger partial charge on any atom is -0.480 e. The van der Waals surface area contributed by atoms with Crippen molar-refractivity contribution in [1.29, 1.82) is 0 Å². The Bertz CT molecular complexity index is 248. The molecule has 1 rings (SSSR count). The second kappa shape index (κ2) is 4.13. The standard InChI is InChI=1S/C5H6N3O2.W/c1-4-2-8(7-6-4)3-5(9)10;/h2H,1,3H2,(H,9,10);/q-1;. The van der Waals surface area contributed by atoms with Gasteiger partial charge in [0, 0.05) is 21.1 Å². The van der Waals surface area contributed by atoms with Crippen LogP contribution < -0.4 is 0 Å². The topological polar surface area (TPSA) is 68.0 Å². The molecule has 0 aliphatic carbocycles. The van der Waals surface area contributed by atoms with Crippen molar-refractivity contribution < 1.29 is 31.0 Å². The van der Waals surface area contributed by atoms with Crippen molar-refractivity contribution in [2.45, 2.75) is 6.54 Å². The normalized spacial score (nSPS) is 8.73. The van der Waals surface area contributed by atoms with Crippen LogP contribution in [-0.2, 0) is 32.4 Å². The van der Waals surface area contributed by atoms with Crippen LogP contribution in [-0.4, -0.2) is 26.1 Å². The van der Waals surface area contributed by atoms with Crippen molar-refractivity contribution in [3.8, 4) is 0 Å². The van der Waals surface area contributed by atoms with Crippen molar-refractivity contribution in [2.24, 2.45) is 0 Å². The minimum absolute atomic E-state index is 0. The molecule has 1 aromatic heterocycles. The van der Waals surface area contributed by atoms with Crippen LogP contribution in [0.15, 0.2) is 6.20 Å². The van der Waals surface area contributed by atoms with Gasteiger partial charge < -0.3 is 9.79 Å². The van der Waals surface area contributed by atoms with Crippen LogP contribution in [0.5, 0.6) is 0 Å². The number of nitrogens with zero attached hydrogens (tertiary/aromatic N) is 3. The molecule has 0 radical (unpaired) electrons. The summed E-state index contributed by atoms with van der Waals surface area (Å²) < 4.78 is 1.21. The molecule has 5 nitrogen and oxygen atoms in total. The first-order valence-electron chi connectivity index (χ1n) is 2.62. The summed E-state index contributed by atoms with van der Waals surface area (Å²) in [7, 11) is 0. The smallest absolute Gasteiger partial charge is 0.323 e. The van der Waals surface area contributed by atoms with E-state index in [2.05, 4.69) is 17.2 Å². The summed E-state index contributed by atoms with van der Waals surface area (Å²) in [4.78, 5) is 10.1. The molecule has 0 saturated carbocycles. The SMILES string of the molecule is [CH2-]c1cn(CC(=O)O)nn1.[W]. The molecule has 6 heteroatoms. The fourth-order valence-electron chi connectivity index (χ4n) is 0.554. The van der Waals surface area contributed by atoms with Gasteiger partial charge in [-0.2, -0.15) is 5.10 Å².